The Bertz CT molecular complexity index is 626. The SMILES string of the molecule is CN=C(NCc1cc(F)ccc1F)NCC1(N2CCSCC2)CCCC1. The van der Waals surface area contributed by atoms with Crippen molar-refractivity contribution in [2.24, 2.45) is 4.99 Å². The van der Waals surface area contributed by atoms with E-state index in [9.17, 15) is 8.78 Å². The number of thioether (sulfide) groups is 1. The minimum absolute atomic E-state index is 0.197. The molecule has 0 bridgehead atoms. The zero-order chi connectivity index (χ0) is 18.4. The highest BCUT2D eigenvalue weighted by molar-refractivity contribution is 7.99. The van der Waals surface area contributed by atoms with Crippen LogP contribution in [-0.4, -0.2) is 54.6 Å². The van der Waals surface area contributed by atoms with Gasteiger partial charge in [0, 0.05) is 55.8 Å². The van der Waals surface area contributed by atoms with E-state index >= 15 is 0 Å². The monoisotopic (exact) mass is 382 g/mol. The lowest BCUT2D eigenvalue weighted by molar-refractivity contribution is 0.107. The van der Waals surface area contributed by atoms with E-state index in [2.05, 4.69) is 20.5 Å². The Morgan fingerprint density at radius 1 is 1.19 bits per heavy atom. The van der Waals surface area contributed by atoms with Crippen LogP contribution in [0.2, 0.25) is 0 Å². The fraction of sp³-hybridized carbons (Fsp3) is 0.632. The van der Waals surface area contributed by atoms with Crippen molar-refractivity contribution >= 4 is 17.7 Å². The standard InChI is InChI=1S/C19H28F2N4S/c1-22-18(23-13-15-12-16(20)4-5-17(15)21)24-14-19(6-2-3-7-19)25-8-10-26-11-9-25/h4-5,12H,2-3,6-11,13-14H2,1H3,(H2,22,23,24). The maximum Gasteiger partial charge on any atom is 0.191 e. The summed E-state index contributed by atoms with van der Waals surface area (Å²) < 4.78 is 27.1. The first-order valence-electron chi connectivity index (χ1n) is 9.34. The zero-order valence-corrected chi connectivity index (χ0v) is 16.2. The Labute approximate surface area is 158 Å². The summed E-state index contributed by atoms with van der Waals surface area (Å²) in [4.78, 5) is 6.89. The molecule has 0 radical (unpaired) electrons. The first-order chi connectivity index (χ1) is 12.6. The van der Waals surface area contributed by atoms with Crippen molar-refractivity contribution in [3.05, 3.63) is 35.4 Å². The average molecular weight is 383 g/mol. The number of nitrogens with one attached hydrogen (secondary N) is 2. The summed E-state index contributed by atoms with van der Waals surface area (Å²) in [6, 6.07) is 3.51. The largest absolute Gasteiger partial charge is 0.355 e. The van der Waals surface area contributed by atoms with Gasteiger partial charge in [0.15, 0.2) is 5.96 Å². The van der Waals surface area contributed by atoms with Gasteiger partial charge in [0.25, 0.3) is 0 Å². The van der Waals surface area contributed by atoms with Gasteiger partial charge in [-0.25, -0.2) is 8.78 Å². The molecular weight excluding hydrogens is 354 g/mol. The van der Waals surface area contributed by atoms with Crippen molar-refractivity contribution in [1.82, 2.24) is 15.5 Å². The van der Waals surface area contributed by atoms with Gasteiger partial charge < -0.3 is 10.6 Å². The number of benzene rings is 1. The first kappa shape index (κ1) is 19.4. The molecule has 2 aliphatic rings. The van der Waals surface area contributed by atoms with Crippen LogP contribution in [0.15, 0.2) is 23.2 Å². The topological polar surface area (TPSA) is 39.7 Å². The normalized spacial score (nSPS) is 21.0. The maximum absolute atomic E-state index is 13.8. The number of rotatable bonds is 5. The van der Waals surface area contributed by atoms with Gasteiger partial charge in [0.2, 0.25) is 0 Å². The lowest BCUT2D eigenvalue weighted by Gasteiger charge is -2.43. The molecule has 144 valence electrons. The summed E-state index contributed by atoms with van der Waals surface area (Å²) in [6.45, 7) is 3.33. The van der Waals surface area contributed by atoms with Gasteiger partial charge in [0.05, 0.1) is 0 Å². The van der Waals surface area contributed by atoms with E-state index in [4.69, 9.17) is 0 Å². The Morgan fingerprint density at radius 3 is 2.62 bits per heavy atom. The Kier molecular flexibility index (Phi) is 6.75. The van der Waals surface area contributed by atoms with Crippen LogP contribution in [0.5, 0.6) is 0 Å². The highest BCUT2D eigenvalue weighted by Crippen LogP contribution is 2.36. The molecule has 0 atom stereocenters. The van der Waals surface area contributed by atoms with E-state index in [-0.39, 0.29) is 12.1 Å². The molecule has 1 aromatic carbocycles. The van der Waals surface area contributed by atoms with Crippen molar-refractivity contribution < 1.29 is 8.78 Å². The third-order valence-corrected chi connectivity index (χ3v) is 6.42. The number of nitrogens with zero attached hydrogens (tertiary/aromatic N) is 2. The third kappa shape index (κ3) is 4.68. The van der Waals surface area contributed by atoms with Crippen LogP contribution in [-0.2, 0) is 6.54 Å². The van der Waals surface area contributed by atoms with E-state index < -0.39 is 11.6 Å². The van der Waals surface area contributed by atoms with Crippen molar-refractivity contribution in [3.8, 4) is 0 Å². The molecule has 0 spiro atoms. The Hall–Kier alpha value is -1.34. The number of guanidine groups is 1. The Morgan fingerprint density at radius 2 is 1.92 bits per heavy atom. The molecule has 26 heavy (non-hydrogen) atoms. The van der Waals surface area contributed by atoms with Crippen molar-refractivity contribution in [2.45, 2.75) is 37.8 Å². The molecule has 7 heteroatoms. The van der Waals surface area contributed by atoms with Crippen LogP contribution < -0.4 is 10.6 Å². The summed E-state index contributed by atoms with van der Waals surface area (Å²) >= 11 is 2.03. The van der Waals surface area contributed by atoms with Gasteiger partial charge in [0.1, 0.15) is 11.6 Å². The van der Waals surface area contributed by atoms with Gasteiger partial charge in [-0.05, 0) is 31.0 Å². The highest BCUT2D eigenvalue weighted by atomic mass is 32.2. The quantitative estimate of drug-likeness (QED) is 0.607. The molecule has 0 aromatic heterocycles. The minimum Gasteiger partial charge on any atom is -0.355 e. The summed E-state index contributed by atoms with van der Waals surface area (Å²) in [7, 11) is 1.70. The van der Waals surface area contributed by atoms with Gasteiger partial charge in [-0.1, -0.05) is 12.8 Å². The molecule has 4 nitrogen and oxygen atoms in total. The number of halogens is 2. The number of hydrogen-bond donors (Lipinski definition) is 2. The molecule has 1 aromatic rings. The second-order valence-corrected chi connectivity index (χ2v) is 8.27. The van der Waals surface area contributed by atoms with E-state index in [1.54, 1.807) is 7.05 Å². The van der Waals surface area contributed by atoms with Crippen molar-refractivity contribution in [1.29, 1.82) is 0 Å². The molecule has 0 amide bonds. The average Bonchev–Trinajstić information content (AvgIpc) is 3.15. The van der Waals surface area contributed by atoms with Crippen molar-refractivity contribution in [2.75, 3.05) is 38.2 Å². The second-order valence-electron chi connectivity index (χ2n) is 7.05. The molecule has 0 unspecified atom stereocenters. The van der Waals surface area contributed by atoms with Gasteiger partial charge in [-0.15, -0.1) is 0 Å². The van der Waals surface area contributed by atoms with Crippen LogP contribution in [0.4, 0.5) is 8.78 Å². The fourth-order valence-corrected chi connectivity index (χ4v) is 4.91. The number of aliphatic imine (C=N–C) groups is 1. The summed E-state index contributed by atoms with van der Waals surface area (Å²) in [6.07, 6.45) is 4.96. The maximum atomic E-state index is 13.8. The van der Waals surface area contributed by atoms with E-state index in [0.717, 1.165) is 31.8 Å². The lowest BCUT2D eigenvalue weighted by atomic mass is 9.94. The lowest BCUT2D eigenvalue weighted by Crippen LogP contribution is -2.57. The van der Waals surface area contributed by atoms with E-state index in [0.29, 0.717) is 11.5 Å². The predicted molar refractivity (Wildman–Crippen MR) is 105 cm³/mol. The molecule has 2 fully saturated rings. The van der Waals surface area contributed by atoms with E-state index in [1.165, 1.54) is 43.3 Å². The molecular formula is C19H28F2N4S. The highest BCUT2D eigenvalue weighted by Gasteiger charge is 2.39. The van der Waals surface area contributed by atoms with Crippen LogP contribution >= 0.6 is 11.8 Å². The van der Waals surface area contributed by atoms with Crippen LogP contribution in [0.3, 0.4) is 0 Å². The van der Waals surface area contributed by atoms with E-state index in [1.807, 2.05) is 11.8 Å². The molecule has 1 saturated carbocycles. The minimum atomic E-state index is -0.431. The fourth-order valence-electron chi connectivity index (χ4n) is 4.00. The predicted octanol–water partition coefficient (Wildman–Crippen LogP) is 2.99. The van der Waals surface area contributed by atoms with Crippen LogP contribution in [0, 0.1) is 11.6 Å². The second kappa shape index (κ2) is 9.04. The summed E-state index contributed by atoms with van der Waals surface area (Å²) in [5.41, 5.74) is 0.500. The summed E-state index contributed by atoms with van der Waals surface area (Å²) in [5.74, 6) is 2.19. The van der Waals surface area contributed by atoms with Gasteiger partial charge >= 0.3 is 0 Å². The molecule has 1 aliphatic heterocycles. The van der Waals surface area contributed by atoms with Crippen LogP contribution in [0.1, 0.15) is 31.2 Å². The number of hydrogen-bond acceptors (Lipinski definition) is 3. The van der Waals surface area contributed by atoms with Crippen molar-refractivity contribution in [3.63, 3.8) is 0 Å². The molecule has 2 N–H and O–H groups in total. The molecule has 1 heterocycles. The smallest absolute Gasteiger partial charge is 0.191 e. The van der Waals surface area contributed by atoms with Gasteiger partial charge in [-0.3, -0.25) is 9.89 Å². The van der Waals surface area contributed by atoms with Gasteiger partial charge in [-0.2, -0.15) is 11.8 Å². The Balaban J connectivity index is 1.58. The molecule has 3 rings (SSSR count). The zero-order valence-electron chi connectivity index (χ0n) is 15.4. The molecule has 1 saturated heterocycles. The molecule has 1 aliphatic carbocycles. The first-order valence-corrected chi connectivity index (χ1v) is 10.5. The summed E-state index contributed by atoms with van der Waals surface area (Å²) in [5, 5.41) is 6.54. The van der Waals surface area contributed by atoms with Crippen LogP contribution in [0.25, 0.3) is 0 Å². The third-order valence-electron chi connectivity index (χ3n) is 5.48.